The van der Waals surface area contributed by atoms with E-state index in [1.165, 1.54) is 57.6 Å². The number of hydrogen-bond acceptors (Lipinski definition) is 2. The van der Waals surface area contributed by atoms with Gasteiger partial charge in [0.15, 0.2) is 0 Å². The Morgan fingerprint density at radius 2 is 1.73 bits per heavy atom. The number of hydrogen-bond donors (Lipinski definition) is 0. The number of allylic oxidation sites excluding steroid dienone is 1. The fourth-order valence-corrected chi connectivity index (χ4v) is 5.08. The predicted molar refractivity (Wildman–Crippen MR) is 94.9 cm³/mol. The molecule has 0 bridgehead atoms. The molecule has 0 N–H and O–H groups in total. The van der Waals surface area contributed by atoms with Crippen LogP contribution in [0.2, 0.25) is 0 Å². The van der Waals surface area contributed by atoms with Gasteiger partial charge in [-0.3, -0.25) is 0 Å². The van der Waals surface area contributed by atoms with Gasteiger partial charge in [0.2, 0.25) is 0 Å². The van der Waals surface area contributed by atoms with Crippen LogP contribution in [-0.2, 0) is 0 Å². The van der Waals surface area contributed by atoms with Crippen molar-refractivity contribution in [3.05, 3.63) is 12.2 Å². The van der Waals surface area contributed by atoms with E-state index in [1.807, 2.05) is 0 Å². The van der Waals surface area contributed by atoms with Gasteiger partial charge in [-0.25, -0.2) is 0 Å². The van der Waals surface area contributed by atoms with Crippen molar-refractivity contribution in [2.24, 2.45) is 29.6 Å². The van der Waals surface area contributed by atoms with E-state index in [1.54, 1.807) is 0 Å². The van der Waals surface area contributed by atoms with Crippen LogP contribution in [0.25, 0.3) is 0 Å². The zero-order valence-corrected chi connectivity index (χ0v) is 15.2. The number of rotatable bonds is 7. The molecule has 126 valence electrons. The molecule has 2 saturated heterocycles. The predicted octanol–water partition coefficient (Wildman–Crippen LogP) is 3.89. The SMILES string of the molecule is C=C(C)CCC1CN(C[C@H]2[C@H]3CN(C(C)C)C[C@@H]23)CC1CC. The lowest BCUT2D eigenvalue weighted by Gasteiger charge is -2.25. The number of piperidine rings is 1. The van der Waals surface area contributed by atoms with Gasteiger partial charge in [0, 0.05) is 38.8 Å². The molecule has 0 aromatic carbocycles. The van der Waals surface area contributed by atoms with Crippen molar-refractivity contribution >= 4 is 0 Å². The van der Waals surface area contributed by atoms with Crippen molar-refractivity contribution in [3.8, 4) is 0 Å². The maximum Gasteiger partial charge on any atom is 0.00388 e. The van der Waals surface area contributed by atoms with Crippen LogP contribution in [0.5, 0.6) is 0 Å². The van der Waals surface area contributed by atoms with Gasteiger partial charge in [0.05, 0.1) is 0 Å². The van der Waals surface area contributed by atoms with Gasteiger partial charge in [0.25, 0.3) is 0 Å². The molecular weight excluding hydrogens is 268 g/mol. The second kappa shape index (κ2) is 6.65. The monoisotopic (exact) mass is 304 g/mol. The van der Waals surface area contributed by atoms with Gasteiger partial charge in [-0.1, -0.05) is 18.9 Å². The van der Waals surface area contributed by atoms with E-state index in [-0.39, 0.29) is 0 Å². The van der Waals surface area contributed by atoms with Gasteiger partial charge >= 0.3 is 0 Å². The summed E-state index contributed by atoms with van der Waals surface area (Å²) in [6.07, 6.45) is 3.95. The Kier molecular flexibility index (Phi) is 4.99. The van der Waals surface area contributed by atoms with Crippen LogP contribution in [0.4, 0.5) is 0 Å². The lowest BCUT2D eigenvalue weighted by molar-refractivity contribution is 0.212. The van der Waals surface area contributed by atoms with Crippen molar-refractivity contribution in [2.45, 2.75) is 53.0 Å². The fraction of sp³-hybridized carbons (Fsp3) is 0.900. The van der Waals surface area contributed by atoms with E-state index in [2.05, 4.69) is 44.1 Å². The highest BCUT2D eigenvalue weighted by Gasteiger charge is 2.56. The average molecular weight is 305 g/mol. The van der Waals surface area contributed by atoms with Crippen LogP contribution in [0.3, 0.4) is 0 Å². The second-order valence-corrected chi connectivity index (χ2v) is 8.68. The van der Waals surface area contributed by atoms with Crippen LogP contribution in [0.1, 0.15) is 47.0 Å². The van der Waals surface area contributed by atoms with Gasteiger partial charge in [0.1, 0.15) is 0 Å². The first kappa shape index (κ1) is 16.5. The third-order valence-corrected chi connectivity index (χ3v) is 6.72. The first-order chi connectivity index (χ1) is 10.5. The lowest BCUT2D eigenvalue weighted by Crippen LogP contribution is -2.33. The molecule has 1 aliphatic carbocycles. The maximum atomic E-state index is 4.09. The first-order valence-electron chi connectivity index (χ1n) is 9.60. The quantitative estimate of drug-likeness (QED) is 0.658. The Morgan fingerprint density at radius 3 is 2.27 bits per heavy atom. The van der Waals surface area contributed by atoms with E-state index in [9.17, 15) is 0 Å². The Hall–Kier alpha value is -0.340. The Labute approximate surface area is 137 Å². The van der Waals surface area contributed by atoms with Crippen molar-refractivity contribution in [1.82, 2.24) is 9.80 Å². The molecule has 3 rings (SSSR count). The summed E-state index contributed by atoms with van der Waals surface area (Å²) in [5.74, 6) is 4.93. The summed E-state index contributed by atoms with van der Waals surface area (Å²) in [6, 6.07) is 0.747. The van der Waals surface area contributed by atoms with Crippen molar-refractivity contribution in [1.29, 1.82) is 0 Å². The fourth-order valence-electron chi connectivity index (χ4n) is 5.08. The summed E-state index contributed by atoms with van der Waals surface area (Å²) in [7, 11) is 0. The highest BCUT2D eigenvalue weighted by Crippen LogP contribution is 2.52. The molecule has 2 heterocycles. The van der Waals surface area contributed by atoms with E-state index < -0.39 is 0 Å². The molecule has 1 saturated carbocycles. The van der Waals surface area contributed by atoms with E-state index in [4.69, 9.17) is 0 Å². The zero-order chi connectivity index (χ0) is 15.9. The highest BCUT2D eigenvalue weighted by atomic mass is 15.2. The molecule has 0 spiro atoms. The molecule has 2 heteroatoms. The van der Waals surface area contributed by atoms with E-state index in [0.717, 1.165) is 35.6 Å². The maximum absolute atomic E-state index is 4.09. The van der Waals surface area contributed by atoms with Crippen LogP contribution in [-0.4, -0.2) is 48.6 Å². The topological polar surface area (TPSA) is 6.48 Å². The molecule has 3 fully saturated rings. The standard InChI is InChI=1S/C20H36N2/c1-6-16-9-21(10-17(16)8-7-14(2)3)11-18-19-12-22(15(4)5)13-20(18)19/h15-20H,2,6-13H2,1,3-5H3/t16?,17?,18-,19+,20-. The molecule has 0 aromatic heterocycles. The smallest absolute Gasteiger partial charge is 0.00388 e. The highest BCUT2D eigenvalue weighted by molar-refractivity contribution is 5.07. The molecule has 2 aliphatic heterocycles. The summed E-state index contributed by atoms with van der Waals surface area (Å²) < 4.78 is 0. The summed E-state index contributed by atoms with van der Waals surface area (Å²) in [4.78, 5) is 5.49. The van der Waals surface area contributed by atoms with E-state index >= 15 is 0 Å². The number of nitrogens with zero attached hydrogens (tertiary/aromatic N) is 2. The normalized spacial score (nSPS) is 38.7. The van der Waals surface area contributed by atoms with Crippen LogP contribution in [0.15, 0.2) is 12.2 Å². The summed E-state index contributed by atoms with van der Waals surface area (Å²) >= 11 is 0. The average Bonchev–Trinajstić information content (AvgIpc) is 2.84. The largest absolute Gasteiger partial charge is 0.302 e. The minimum atomic E-state index is 0.747. The molecule has 3 aliphatic rings. The van der Waals surface area contributed by atoms with Gasteiger partial charge in [-0.15, -0.1) is 6.58 Å². The minimum absolute atomic E-state index is 0.747. The summed E-state index contributed by atoms with van der Waals surface area (Å²) in [5.41, 5.74) is 1.36. The van der Waals surface area contributed by atoms with E-state index in [0.29, 0.717) is 0 Å². The molecule has 22 heavy (non-hydrogen) atoms. The Balaban J connectivity index is 1.44. The van der Waals surface area contributed by atoms with Gasteiger partial charge in [-0.2, -0.15) is 0 Å². The van der Waals surface area contributed by atoms with Crippen molar-refractivity contribution < 1.29 is 0 Å². The molecule has 0 aromatic rings. The Morgan fingerprint density at radius 1 is 1.09 bits per heavy atom. The molecule has 0 radical (unpaired) electrons. The second-order valence-electron chi connectivity index (χ2n) is 8.68. The first-order valence-corrected chi connectivity index (χ1v) is 9.60. The zero-order valence-electron chi connectivity index (χ0n) is 15.2. The number of fused-ring (bicyclic) bond motifs is 1. The molecular formula is C20H36N2. The number of likely N-dealkylation sites (tertiary alicyclic amines) is 2. The van der Waals surface area contributed by atoms with Crippen molar-refractivity contribution in [3.63, 3.8) is 0 Å². The summed E-state index contributed by atoms with van der Waals surface area (Å²) in [6.45, 7) is 20.2. The van der Waals surface area contributed by atoms with Gasteiger partial charge < -0.3 is 9.80 Å². The van der Waals surface area contributed by atoms with Crippen molar-refractivity contribution in [2.75, 3.05) is 32.7 Å². The lowest BCUT2D eigenvalue weighted by atomic mass is 9.89. The van der Waals surface area contributed by atoms with Gasteiger partial charge in [-0.05, 0) is 63.2 Å². The Bertz CT molecular complexity index is 391. The van der Waals surface area contributed by atoms with Crippen LogP contribution in [0, 0.1) is 29.6 Å². The third-order valence-electron chi connectivity index (χ3n) is 6.72. The molecule has 0 amide bonds. The molecule has 5 atom stereocenters. The molecule has 2 nitrogen and oxygen atoms in total. The third kappa shape index (κ3) is 3.43. The van der Waals surface area contributed by atoms with Crippen LogP contribution >= 0.6 is 0 Å². The molecule has 2 unspecified atom stereocenters. The van der Waals surface area contributed by atoms with Crippen LogP contribution < -0.4 is 0 Å². The summed E-state index contributed by atoms with van der Waals surface area (Å²) in [5, 5.41) is 0. The minimum Gasteiger partial charge on any atom is -0.302 e.